The molecule has 0 radical (unpaired) electrons. The number of carbonyl (C=O) groups is 1. The van der Waals surface area contributed by atoms with Gasteiger partial charge in [-0.1, -0.05) is 30.3 Å². The lowest BCUT2D eigenvalue weighted by Crippen LogP contribution is -2.19. The van der Waals surface area contributed by atoms with E-state index in [4.69, 9.17) is 4.74 Å². The van der Waals surface area contributed by atoms with Gasteiger partial charge in [-0.3, -0.25) is 4.79 Å². The molecule has 108 valence electrons. The first-order valence-corrected chi connectivity index (χ1v) is 7.46. The number of hydrogen-bond acceptors (Lipinski definition) is 3. The molecule has 4 nitrogen and oxygen atoms in total. The van der Waals surface area contributed by atoms with Crippen LogP contribution in [0.5, 0.6) is 5.75 Å². The molecular formula is C16H15IN2O2. The van der Waals surface area contributed by atoms with E-state index in [1.54, 1.807) is 13.3 Å². The molecule has 0 aliphatic rings. The molecule has 0 fully saturated rings. The van der Waals surface area contributed by atoms with Crippen LogP contribution in [0.15, 0.2) is 53.6 Å². The standard InChI is InChI=1S/C16H15IN2O2/c1-21-15-8-7-13(9-14(15)17)11-18-19-16(20)10-12-5-3-2-4-6-12/h2-9,11H,10H2,1H3,(H,19,20). The van der Waals surface area contributed by atoms with Gasteiger partial charge in [0.05, 0.1) is 23.3 Å². The van der Waals surface area contributed by atoms with Gasteiger partial charge in [0, 0.05) is 0 Å². The molecule has 0 aliphatic heterocycles. The molecule has 0 bridgehead atoms. The quantitative estimate of drug-likeness (QED) is 0.482. The lowest BCUT2D eigenvalue weighted by molar-refractivity contribution is -0.120. The summed E-state index contributed by atoms with van der Waals surface area (Å²) in [5.74, 6) is 0.682. The largest absolute Gasteiger partial charge is 0.496 e. The predicted octanol–water partition coefficient (Wildman–Crippen LogP) is 2.99. The molecule has 2 rings (SSSR count). The van der Waals surface area contributed by atoms with Crippen LogP contribution in [0.1, 0.15) is 11.1 Å². The van der Waals surface area contributed by atoms with Crippen LogP contribution < -0.4 is 10.2 Å². The van der Waals surface area contributed by atoms with Crippen LogP contribution in [-0.4, -0.2) is 19.2 Å². The summed E-state index contributed by atoms with van der Waals surface area (Å²) in [7, 11) is 1.63. The Labute approximate surface area is 137 Å². The average Bonchev–Trinajstić information content (AvgIpc) is 2.48. The van der Waals surface area contributed by atoms with E-state index in [1.165, 1.54) is 0 Å². The van der Waals surface area contributed by atoms with Gasteiger partial charge in [0.25, 0.3) is 0 Å². The number of methoxy groups -OCH3 is 1. The number of hydrazone groups is 1. The first-order chi connectivity index (χ1) is 10.2. The maximum atomic E-state index is 11.7. The van der Waals surface area contributed by atoms with E-state index in [9.17, 15) is 4.79 Å². The van der Waals surface area contributed by atoms with E-state index in [2.05, 4.69) is 33.1 Å². The van der Waals surface area contributed by atoms with Gasteiger partial charge in [-0.05, 0) is 51.9 Å². The molecule has 2 aromatic carbocycles. The minimum Gasteiger partial charge on any atom is -0.496 e. The molecule has 0 spiro atoms. The number of nitrogens with one attached hydrogen (secondary N) is 1. The number of carbonyl (C=O) groups excluding carboxylic acids is 1. The van der Waals surface area contributed by atoms with Gasteiger partial charge in [-0.15, -0.1) is 0 Å². The number of nitrogens with zero attached hydrogens (tertiary/aromatic N) is 1. The van der Waals surface area contributed by atoms with Crippen molar-refractivity contribution in [3.05, 3.63) is 63.2 Å². The third-order valence-corrected chi connectivity index (χ3v) is 3.63. The lowest BCUT2D eigenvalue weighted by atomic mass is 10.1. The molecule has 0 saturated carbocycles. The number of hydrogen-bond donors (Lipinski definition) is 1. The Kier molecular flexibility index (Phi) is 5.74. The predicted molar refractivity (Wildman–Crippen MR) is 91.6 cm³/mol. The van der Waals surface area contributed by atoms with Gasteiger partial charge in [0.2, 0.25) is 5.91 Å². The van der Waals surface area contributed by atoms with Crippen LogP contribution in [0.3, 0.4) is 0 Å². The third-order valence-electron chi connectivity index (χ3n) is 2.79. The fraction of sp³-hybridized carbons (Fsp3) is 0.125. The van der Waals surface area contributed by atoms with Gasteiger partial charge in [-0.2, -0.15) is 5.10 Å². The molecule has 0 atom stereocenters. The monoisotopic (exact) mass is 394 g/mol. The summed E-state index contributed by atoms with van der Waals surface area (Å²) in [5.41, 5.74) is 4.39. The minimum absolute atomic E-state index is 0.138. The zero-order chi connectivity index (χ0) is 15.1. The second kappa shape index (κ2) is 7.78. The second-order valence-electron chi connectivity index (χ2n) is 4.35. The van der Waals surface area contributed by atoms with Crippen molar-refractivity contribution in [2.75, 3.05) is 7.11 Å². The first-order valence-electron chi connectivity index (χ1n) is 6.38. The van der Waals surface area contributed by atoms with Crippen molar-refractivity contribution in [2.24, 2.45) is 5.10 Å². The van der Waals surface area contributed by atoms with Crippen LogP contribution in [0.25, 0.3) is 0 Å². The summed E-state index contributed by atoms with van der Waals surface area (Å²) in [6.07, 6.45) is 1.93. The Morgan fingerprint density at radius 1 is 1.29 bits per heavy atom. The zero-order valence-electron chi connectivity index (χ0n) is 11.5. The Hall–Kier alpha value is -1.89. The van der Waals surface area contributed by atoms with E-state index < -0.39 is 0 Å². The van der Waals surface area contributed by atoms with E-state index in [1.807, 2.05) is 48.5 Å². The Bertz CT molecular complexity index is 642. The molecule has 0 aromatic heterocycles. The summed E-state index contributed by atoms with van der Waals surface area (Å²) in [6, 6.07) is 15.3. The first kappa shape index (κ1) is 15.5. The van der Waals surface area contributed by atoms with Gasteiger partial charge in [-0.25, -0.2) is 5.43 Å². The molecule has 0 aliphatic carbocycles. The highest BCUT2D eigenvalue weighted by molar-refractivity contribution is 14.1. The van der Waals surface area contributed by atoms with Crippen molar-refractivity contribution in [1.82, 2.24) is 5.43 Å². The van der Waals surface area contributed by atoms with E-state index >= 15 is 0 Å². The maximum absolute atomic E-state index is 11.7. The van der Waals surface area contributed by atoms with E-state index in [0.717, 1.165) is 20.4 Å². The number of ether oxygens (including phenoxy) is 1. The third kappa shape index (κ3) is 4.86. The van der Waals surface area contributed by atoms with Crippen LogP contribution in [-0.2, 0) is 11.2 Å². The molecule has 0 unspecified atom stereocenters. The molecule has 21 heavy (non-hydrogen) atoms. The summed E-state index contributed by atoms with van der Waals surface area (Å²) in [4.78, 5) is 11.7. The second-order valence-corrected chi connectivity index (χ2v) is 5.51. The van der Waals surface area contributed by atoms with Crippen LogP contribution in [0, 0.1) is 3.57 Å². The normalized spacial score (nSPS) is 10.6. The summed E-state index contributed by atoms with van der Waals surface area (Å²) >= 11 is 2.19. The van der Waals surface area contributed by atoms with Crippen molar-refractivity contribution in [3.63, 3.8) is 0 Å². The van der Waals surface area contributed by atoms with Crippen molar-refractivity contribution in [2.45, 2.75) is 6.42 Å². The molecule has 5 heteroatoms. The summed E-state index contributed by atoms with van der Waals surface area (Å²) in [5, 5.41) is 3.97. The zero-order valence-corrected chi connectivity index (χ0v) is 13.7. The highest BCUT2D eigenvalue weighted by Crippen LogP contribution is 2.20. The molecule has 2 aromatic rings. The Morgan fingerprint density at radius 2 is 2.05 bits per heavy atom. The Morgan fingerprint density at radius 3 is 2.71 bits per heavy atom. The topological polar surface area (TPSA) is 50.7 Å². The average molecular weight is 394 g/mol. The van der Waals surface area contributed by atoms with Gasteiger partial charge >= 0.3 is 0 Å². The van der Waals surface area contributed by atoms with Crippen LogP contribution in [0.4, 0.5) is 0 Å². The van der Waals surface area contributed by atoms with E-state index in [-0.39, 0.29) is 5.91 Å². The lowest BCUT2D eigenvalue weighted by Gasteiger charge is -2.03. The van der Waals surface area contributed by atoms with Crippen LogP contribution >= 0.6 is 22.6 Å². The van der Waals surface area contributed by atoms with Crippen molar-refractivity contribution in [1.29, 1.82) is 0 Å². The van der Waals surface area contributed by atoms with Crippen LogP contribution in [0.2, 0.25) is 0 Å². The molecule has 0 heterocycles. The van der Waals surface area contributed by atoms with Crippen molar-refractivity contribution < 1.29 is 9.53 Å². The molecule has 0 saturated heterocycles. The summed E-state index contributed by atoms with van der Waals surface area (Å²) in [6.45, 7) is 0. The van der Waals surface area contributed by atoms with Gasteiger partial charge < -0.3 is 4.74 Å². The number of benzene rings is 2. The smallest absolute Gasteiger partial charge is 0.244 e. The van der Waals surface area contributed by atoms with E-state index in [0.29, 0.717) is 6.42 Å². The van der Waals surface area contributed by atoms with Crippen molar-refractivity contribution >= 4 is 34.7 Å². The number of halogens is 1. The SMILES string of the molecule is COc1ccc(C=NNC(=O)Cc2ccccc2)cc1I. The number of amides is 1. The summed E-state index contributed by atoms with van der Waals surface area (Å²) < 4.78 is 6.18. The molecule has 1 amide bonds. The molecule has 1 N–H and O–H groups in total. The molecular weight excluding hydrogens is 379 g/mol. The fourth-order valence-corrected chi connectivity index (χ4v) is 2.52. The number of rotatable bonds is 5. The highest BCUT2D eigenvalue weighted by Gasteiger charge is 2.02. The minimum atomic E-state index is -0.138. The Balaban J connectivity index is 1.90. The van der Waals surface area contributed by atoms with Gasteiger partial charge in [0.15, 0.2) is 0 Å². The highest BCUT2D eigenvalue weighted by atomic mass is 127. The van der Waals surface area contributed by atoms with Crippen molar-refractivity contribution in [3.8, 4) is 5.75 Å². The fourth-order valence-electron chi connectivity index (χ4n) is 1.76. The maximum Gasteiger partial charge on any atom is 0.244 e. The van der Waals surface area contributed by atoms with Gasteiger partial charge in [0.1, 0.15) is 5.75 Å².